The molecule has 0 aliphatic carbocycles. The van der Waals surface area contributed by atoms with Gasteiger partial charge in [0.05, 0.1) is 22.5 Å². The molecule has 2 aliphatic rings. The molecule has 0 bridgehead atoms. The number of hydrogen-bond acceptors (Lipinski definition) is 7. The fourth-order valence-electron chi connectivity index (χ4n) is 4.95. The van der Waals surface area contributed by atoms with Crippen molar-refractivity contribution < 1.29 is 19.1 Å². The van der Waals surface area contributed by atoms with Crippen LogP contribution in [0.5, 0.6) is 0 Å². The summed E-state index contributed by atoms with van der Waals surface area (Å²) < 4.78 is 11.4. The third-order valence-corrected chi connectivity index (χ3v) is 6.70. The lowest BCUT2D eigenvalue weighted by Gasteiger charge is -2.38. The fraction of sp³-hybridized carbons (Fsp3) is 0.296. The molecule has 0 saturated carbocycles. The highest BCUT2D eigenvalue weighted by molar-refractivity contribution is 6.24. The first-order valence-electron chi connectivity index (χ1n) is 11.6. The summed E-state index contributed by atoms with van der Waals surface area (Å²) in [4.78, 5) is 37.4. The molecule has 5 rings (SSSR count). The Balaban J connectivity index is 1.41. The molecule has 8 nitrogen and oxygen atoms in total. The molecule has 3 aromatic rings. The highest BCUT2D eigenvalue weighted by Gasteiger charge is 2.52. The predicted octanol–water partition coefficient (Wildman–Crippen LogP) is 3.10. The molecular weight excluding hydrogens is 444 g/mol. The molecule has 2 aromatic carbocycles. The molecule has 0 spiro atoms. The lowest BCUT2D eigenvalue weighted by Crippen LogP contribution is -2.52. The Morgan fingerprint density at radius 2 is 1.54 bits per heavy atom. The van der Waals surface area contributed by atoms with Crippen molar-refractivity contribution in [1.29, 1.82) is 0 Å². The number of carbonyl (C=O) groups is 2. The van der Waals surface area contributed by atoms with Crippen molar-refractivity contribution in [3.8, 4) is 0 Å². The van der Waals surface area contributed by atoms with E-state index in [4.69, 9.17) is 9.47 Å². The van der Waals surface area contributed by atoms with Crippen molar-refractivity contribution >= 4 is 17.5 Å². The second-order valence-corrected chi connectivity index (χ2v) is 8.59. The van der Waals surface area contributed by atoms with Gasteiger partial charge in [-0.15, -0.1) is 0 Å². The molecule has 8 heteroatoms. The van der Waals surface area contributed by atoms with E-state index in [1.165, 1.54) is 14.2 Å². The standard InChI is InChI=1S/C27H28N4O4/c1-34-27(35-2,20-9-4-3-5-10-20)31-25(32)22-12-8-13-23(24(22)26(31)33)30-17-15-29(16-18-30)19-21-11-6-7-14-28-21/h3-14H,15-19H2,1-2H3. The van der Waals surface area contributed by atoms with Crippen LogP contribution in [-0.4, -0.2) is 67.0 Å². The van der Waals surface area contributed by atoms with Crippen molar-refractivity contribution in [3.05, 3.63) is 95.3 Å². The summed E-state index contributed by atoms with van der Waals surface area (Å²) in [5.41, 5.74) is 3.11. The minimum atomic E-state index is -1.66. The third-order valence-electron chi connectivity index (χ3n) is 6.70. The number of methoxy groups -OCH3 is 2. The minimum absolute atomic E-state index is 0.359. The number of carbonyl (C=O) groups excluding carboxylic acids is 2. The Labute approximate surface area is 204 Å². The van der Waals surface area contributed by atoms with Crippen LogP contribution in [-0.2, 0) is 21.9 Å². The number of nitrogens with zero attached hydrogens (tertiary/aromatic N) is 4. The number of ether oxygens (including phenoxy) is 2. The average molecular weight is 473 g/mol. The lowest BCUT2D eigenvalue weighted by atomic mass is 10.1. The molecule has 2 amide bonds. The molecule has 180 valence electrons. The maximum atomic E-state index is 13.8. The quantitative estimate of drug-likeness (QED) is 0.386. The van der Waals surface area contributed by atoms with Gasteiger partial charge in [-0.3, -0.25) is 19.5 Å². The van der Waals surface area contributed by atoms with Crippen molar-refractivity contribution in [2.75, 3.05) is 45.3 Å². The summed E-state index contributed by atoms with van der Waals surface area (Å²) in [6, 6.07) is 20.4. The molecule has 1 aromatic heterocycles. The van der Waals surface area contributed by atoms with Crippen molar-refractivity contribution in [1.82, 2.24) is 14.8 Å². The molecule has 2 aliphatic heterocycles. The van der Waals surface area contributed by atoms with Gasteiger partial charge in [-0.2, -0.15) is 0 Å². The Bertz CT molecular complexity index is 1210. The van der Waals surface area contributed by atoms with Crippen LogP contribution in [0.15, 0.2) is 72.9 Å². The van der Waals surface area contributed by atoms with Crippen molar-refractivity contribution in [3.63, 3.8) is 0 Å². The van der Waals surface area contributed by atoms with E-state index >= 15 is 0 Å². The summed E-state index contributed by atoms with van der Waals surface area (Å²) in [7, 11) is 2.86. The third kappa shape index (κ3) is 3.99. The van der Waals surface area contributed by atoms with Gasteiger partial charge in [-0.05, 0) is 24.3 Å². The van der Waals surface area contributed by atoms with E-state index in [2.05, 4.69) is 14.8 Å². The highest BCUT2D eigenvalue weighted by Crippen LogP contribution is 2.40. The average Bonchev–Trinajstić information content (AvgIpc) is 3.17. The summed E-state index contributed by atoms with van der Waals surface area (Å²) in [5, 5.41) is 0. The van der Waals surface area contributed by atoms with Gasteiger partial charge in [0.1, 0.15) is 0 Å². The first kappa shape index (κ1) is 23.2. The molecule has 35 heavy (non-hydrogen) atoms. The monoisotopic (exact) mass is 472 g/mol. The smallest absolute Gasteiger partial charge is 0.289 e. The predicted molar refractivity (Wildman–Crippen MR) is 131 cm³/mol. The molecule has 1 fully saturated rings. The number of amides is 2. The van der Waals surface area contributed by atoms with E-state index in [1.807, 2.05) is 54.7 Å². The second kappa shape index (κ2) is 9.58. The zero-order valence-corrected chi connectivity index (χ0v) is 19.9. The van der Waals surface area contributed by atoms with Gasteiger partial charge in [0.25, 0.3) is 17.7 Å². The first-order valence-corrected chi connectivity index (χ1v) is 11.6. The first-order chi connectivity index (χ1) is 17.1. The number of pyridine rings is 1. The number of anilines is 1. The zero-order valence-electron chi connectivity index (χ0n) is 19.9. The largest absolute Gasteiger partial charge is 0.368 e. The van der Waals surface area contributed by atoms with E-state index in [0.29, 0.717) is 16.7 Å². The molecule has 3 heterocycles. The number of fused-ring (bicyclic) bond motifs is 1. The van der Waals surface area contributed by atoms with Crippen LogP contribution in [0, 0.1) is 0 Å². The van der Waals surface area contributed by atoms with E-state index in [0.717, 1.165) is 49.0 Å². The molecule has 0 atom stereocenters. The topological polar surface area (TPSA) is 75.2 Å². The number of imide groups is 1. The van der Waals surface area contributed by atoms with E-state index in [-0.39, 0.29) is 0 Å². The SMILES string of the molecule is COC(OC)(c1ccccc1)N1C(=O)c2cccc(N3CCN(Cc4ccccn4)CC3)c2C1=O. The minimum Gasteiger partial charge on any atom is -0.368 e. The summed E-state index contributed by atoms with van der Waals surface area (Å²) in [6.07, 6.45) is 1.81. The van der Waals surface area contributed by atoms with E-state index in [1.54, 1.807) is 18.2 Å². The highest BCUT2D eigenvalue weighted by atomic mass is 16.7. The van der Waals surface area contributed by atoms with Gasteiger partial charge in [-0.1, -0.05) is 42.5 Å². The Morgan fingerprint density at radius 1 is 0.829 bits per heavy atom. The van der Waals surface area contributed by atoms with Gasteiger partial charge in [-0.25, -0.2) is 4.90 Å². The van der Waals surface area contributed by atoms with Crippen molar-refractivity contribution in [2.45, 2.75) is 12.5 Å². The van der Waals surface area contributed by atoms with Crippen LogP contribution >= 0.6 is 0 Å². The molecule has 0 unspecified atom stereocenters. The zero-order chi connectivity index (χ0) is 24.4. The maximum Gasteiger partial charge on any atom is 0.289 e. The maximum absolute atomic E-state index is 13.8. The van der Waals surface area contributed by atoms with Gasteiger partial charge in [0, 0.05) is 58.7 Å². The Hall–Kier alpha value is -3.59. The van der Waals surface area contributed by atoms with Crippen LogP contribution in [0.1, 0.15) is 32.0 Å². The normalized spacial score (nSPS) is 16.6. The lowest BCUT2D eigenvalue weighted by molar-refractivity contribution is -0.274. The fourth-order valence-corrected chi connectivity index (χ4v) is 4.95. The number of hydrogen-bond donors (Lipinski definition) is 0. The van der Waals surface area contributed by atoms with Gasteiger partial charge in [0.2, 0.25) is 0 Å². The number of aromatic nitrogens is 1. The van der Waals surface area contributed by atoms with Gasteiger partial charge < -0.3 is 14.4 Å². The Morgan fingerprint density at radius 3 is 2.20 bits per heavy atom. The van der Waals surface area contributed by atoms with Crippen LogP contribution in [0.3, 0.4) is 0 Å². The van der Waals surface area contributed by atoms with Crippen LogP contribution in [0.25, 0.3) is 0 Å². The van der Waals surface area contributed by atoms with E-state index in [9.17, 15) is 9.59 Å². The molecule has 0 radical (unpaired) electrons. The molecular formula is C27H28N4O4. The number of piperazine rings is 1. The molecule has 0 N–H and O–H groups in total. The van der Waals surface area contributed by atoms with Crippen molar-refractivity contribution in [2.24, 2.45) is 0 Å². The second-order valence-electron chi connectivity index (χ2n) is 8.59. The number of rotatable bonds is 7. The van der Waals surface area contributed by atoms with Crippen LogP contribution in [0.2, 0.25) is 0 Å². The summed E-state index contributed by atoms with van der Waals surface area (Å²) >= 11 is 0. The summed E-state index contributed by atoms with van der Waals surface area (Å²) in [6.45, 7) is 3.92. The Kier molecular flexibility index (Phi) is 6.34. The van der Waals surface area contributed by atoms with Crippen LogP contribution < -0.4 is 4.90 Å². The van der Waals surface area contributed by atoms with Gasteiger partial charge in [0.15, 0.2) is 0 Å². The number of benzene rings is 2. The molecule has 1 saturated heterocycles. The van der Waals surface area contributed by atoms with E-state index < -0.39 is 17.7 Å². The summed E-state index contributed by atoms with van der Waals surface area (Å²) in [5.74, 6) is -2.52. The van der Waals surface area contributed by atoms with Crippen LogP contribution in [0.4, 0.5) is 5.69 Å². The van der Waals surface area contributed by atoms with Gasteiger partial charge >= 0.3 is 0 Å².